The summed E-state index contributed by atoms with van der Waals surface area (Å²) in [5.74, 6) is 0.140. The Bertz CT molecular complexity index is 730. The SMILES string of the molecule is COC(=O)CCN(Cc1ccccc1)C(=O)C(C)Oc1cccc(C)c1. The quantitative estimate of drug-likeness (QED) is 0.682. The van der Waals surface area contributed by atoms with Crippen molar-refractivity contribution in [1.29, 1.82) is 0 Å². The van der Waals surface area contributed by atoms with E-state index >= 15 is 0 Å². The predicted molar refractivity (Wildman–Crippen MR) is 99.8 cm³/mol. The van der Waals surface area contributed by atoms with Crippen LogP contribution in [-0.4, -0.2) is 36.5 Å². The zero-order valence-corrected chi connectivity index (χ0v) is 15.5. The summed E-state index contributed by atoms with van der Waals surface area (Å²) in [4.78, 5) is 26.0. The van der Waals surface area contributed by atoms with Gasteiger partial charge in [-0.15, -0.1) is 0 Å². The number of benzene rings is 2. The lowest BCUT2D eigenvalue weighted by Crippen LogP contribution is -2.41. The molecule has 5 nitrogen and oxygen atoms in total. The molecule has 0 bridgehead atoms. The van der Waals surface area contributed by atoms with Crippen LogP contribution in [0.1, 0.15) is 24.5 Å². The van der Waals surface area contributed by atoms with Gasteiger partial charge in [0.1, 0.15) is 5.75 Å². The van der Waals surface area contributed by atoms with E-state index in [1.54, 1.807) is 11.8 Å². The van der Waals surface area contributed by atoms with E-state index in [-0.39, 0.29) is 24.8 Å². The fraction of sp³-hybridized carbons (Fsp3) is 0.333. The Morgan fingerprint density at radius 1 is 1.08 bits per heavy atom. The number of carbonyl (C=O) groups is 2. The topological polar surface area (TPSA) is 55.8 Å². The fourth-order valence-corrected chi connectivity index (χ4v) is 2.60. The number of ether oxygens (including phenoxy) is 2. The molecule has 0 radical (unpaired) electrons. The van der Waals surface area contributed by atoms with E-state index < -0.39 is 6.10 Å². The van der Waals surface area contributed by atoms with Crippen LogP contribution in [0.25, 0.3) is 0 Å². The van der Waals surface area contributed by atoms with E-state index in [2.05, 4.69) is 0 Å². The zero-order chi connectivity index (χ0) is 18.9. The third-order valence-corrected chi connectivity index (χ3v) is 3.99. The van der Waals surface area contributed by atoms with Gasteiger partial charge in [0, 0.05) is 13.1 Å². The minimum atomic E-state index is -0.654. The van der Waals surface area contributed by atoms with Crippen LogP contribution < -0.4 is 4.74 Å². The van der Waals surface area contributed by atoms with Crippen LogP contribution in [0.4, 0.5) is 0 Å². The van der Waals surface area contributed by atoms with Crippen molar-refractivity contribution in [1.82, 2.24) is 4.90 Å². The normalized spacial score (nSPS) is 11.5. The molecular formula is C21H25NO4. The van der Waals surface area contributed by atoms with Crippen molar-refractivity contribution < 1.29 is 19.1 Å². The maximum atomic E-state index is 12.9. The van der Waals surface area contributed by atoms with Gasteiger partial charge in [0.2, 0.25) is 0 Å². The molecule has 0 saturated carbocycles. The van der Waals surface area contributed by atoms with Gasteiger partial charge in [0.25, 0.3) is 5.91 Å². The summed E-state index contributed by atoms with van der Waals surface area (Å²) in [6.07, 6.45) is -0.509. The highest BCUT2D eigenvalue weighted by molar-refractivity contribution is 5.81. The van der Waals surface area contributed by atoms with Crippen LogP contribution in [0.5, 0.6) is 5.75 Å². The van der Waals surface area contributed by atoms with Crippen molar-refractivity contribution in [2.24, 2.45) is 0 Å². The maximum Gasteiger partial charge on any atom is 0.307 e. The molecule has 5 heteroatoms. The first-order valence-electron chi connectivity index (χ1n) is 8.62. The second-order valence-electron chi connectivity index (χ2n) is 6.15. The first-order valence-corrected chi connectivity index (χ1v) is 8.62. The van der Waals surface area contributed by atoms with Gasteiger partial charge in [-0.2, -0.15) is 0 Å². The molecule has 0 saturated heterocycles. The number of nitrogens with zero attached hydrogens (tertiary/aromatic N) is 1. The lowest BCUT2D eigenvalue weighted by atomic mass is 10.2. The van der Waals surface area contributed by atoms with Crippen LogP contribution in [-0.2, 0) is 20.9 Å². The summed E-state index contributed by atoms with van der Waals surface area (Å²) in [5.41, 5.74) is 2.06. The molecule has 2 aromatic rings. The van der Waals surface area contributed by atoms with Crippen molar-refractivity contribution in [2.75, 3.05) is 13.7 Å². The summed E-state index contributed by atoms with van der Waals surface area (Å²) in [5, 5.41) is 0. The molecule has 0 aromatic heterocycles. The molecule has 1 atom stereocenters. The molecule has 0 heterocycles. The number of rotatable bonds is 8. The average molecular weight is 355 g/mol. The number of hydrogen-bond donors (Lipinski definition) is 0. The van der Waals surface area contributed by atoms with E-state index in [1.807, 2.05) is 61.5 Å². The summed E-state index contributed by atoms with van der Waals surface area (Å²) >= 11 is 0. The number of carbonyl (C=O) groups excluding carboxylic acids is 2. The lowest BCUT2D eigenvalue weighted by molar-refractivity contribution is -0.143. The standard InChI is InChI=1S/C21H25NO4/c1-16-8-7-11-19(14-16)26-17(2)21(24)22(13-12-20(23)25-3)15-18-9-5-4-6-10-18/h4-11,14,17H,12-13,15H2,1-3H3. The summed E-state index contributed by atoms with van der Waals surface area (Å²) in [6, 6.07) is 17.2. The maximum absolute atomic E-state index is 12.9. The Morgan fingerprint density at radius 2 is 1.81 bits per heavy atom. The summed E-state index contributed by atoms with van der Waals surface area (Å²) in [6.45, 7) is 4.39. The van der Waals surface area contributed by atoms with Gasteiger partial charge in [-0.1, -0.05) is 42.5 Å². The van der Waals surface area contributed by atoms with Gasteiger partial charge in [0.05, 0.1) is 13.5 Å². The summed E-state index contributed by atoms with van der Waals surface area (Å²) < 4.78 is 10.5. The van der Waals surface area contributed by atoms with E-state index in [4.69, 9.17) is 9.47 Å². The number of aryl methyl sites for hydroxylation is 1. The van der Waals surface area contributed by atoms with Gasteiger partial charge in [-0.25, -0.2) is 0 Å². The predicted octanol–water partition coefficient (Wildman–Crippen LogP) is 3.35. The smallest absolute Gasteiger partial charge is 0.307 e. The Hall–Kier alpha value is -2.82. The lowest BCUT2D eigenvalue weighted by Gasteiger charge is -2.26. The molecule has 0 fully saturated rings. The monoisotopic (exact) mass is 355 g/mol. The second kappa shape index (κ2) is 9.61. The highest BCUT2D eigenvalue weighted by Crippen LogP contribution is 2.16. The summed E-state index contributed by atoms with van der Waals surface area (Å²) in [7, 11) is 1.34. The number of amides is 1. The van der Waals surface area contributed by atoms with Gasteiger partial charge < -0.3 is 14.4 Å². The number of hydrogen-bond acceptors (Lipinski definition) is 4. The molecule has 2 rings (SSSR count). The number of esters is 1. The van der Waals surface area contributed by atoms with Crippen molar-refractivity contribution in [3.63, 3.8) is 0 Å². The van der Waals surface area contributed by atoms with Crippen molar-refractivity contribution >= 4 is 11.9 Å². The van der Waals surface area contributed by atoms with Gasteiger partial charge >= 0.3 is 5.97 Å². The molecule has 0 aliphatic heterocycles. The molecule has 0 aliphatic rings. The highest BCUT2D eigenvalue weighted by Gasteiger charge is 2.23. The molecular weight excluding hydrogens is 330 g/mol. The first-order chi connectivity index (χ1) is 12.5. The van der Waals surface area contributed by atoms with Crippen molar-refractivity contribution in [2.45, 2.75) is 32.9 Å². The number of methoxy groups -OCH3 is 1. The molecule has 2 aromatic carbocycles. The first kappa shape index (κ1) is 19.5. The van der Waals surface area contributed by atoms with E-state index in [1.165, 1.54) is 7.11 Å². The molecule has 138 valence electrons. The average Bonchev–Trinajstić information content (AvgIpc) is 2.65. The van der Waals surface area contributed by atoms with Crippen LogP contribution in [0, 0.1) is 6.92 Å². The third-order valence-electron chi connectivity index (χ3n) is 3.99. The van der Waals surface area contributed by atoms with Gasteiger partial charge in [0.15, 0.2) is 6.10 Å². The molecule has 26 heavy (non-hydrogen) atoms. The van der Waals surface area contributed by atoms with Crippen LogP contribution >= 0.6 is 0 Å². The van der Waals surface area contributed by atoms with Crippen LogP contribution in [0.2, 0.25) is 0 Å². The van der Waals surface area contributed by atoms with Crippen LogP contribution in [0.15, 0.2) is 54.6 Å². The van der Waals surface area contributed by atoms with Crippen molar-refractivity contribution in [3.05, 3.63) is 65.7 Å². The highest BCUT2D eigenvalue weighted by atomic mass is 16.5. The minimum Gasteiger partial charge on any atom is -0.481 e. The molecule has 0 N–H and O–H groups in total. The molecule has 1 unspecified atom stereocenters. The third kappa shape index (κ3) is 5.92. The Kier molecular flexibility index (Phi) is 7.21. The fourth-order valence-electron chi connectivity index (χ4n) is 2.60. The molecule has 1 amide bonds. The largest absolute Gasteiger partial charge is 0.481 e. The van der Waals surface area contributed by atoms with E-state index in [9.17, 15) is 9.59 Å². The Balaban J connectivity index is 2.08. The van der Waals surface area contributed by atoms with Gasteiger partial charge in [-0.3, -0.25) is 9.59 Å². The molecule has 0 spiro atoms. The zero-order valence-electron chi connectivity index (χ0n) is 15.5. The van der Waals surface area contributed by atoms with Crippen LogP contribution in [0.3, 0.4) is 0 Å². The molecule has 0 aliphatic carbocycles. The van der Waals surface area contributed by atoms with Crippen molar-refractivity contribution in [3.8, 4) is 5.75 Å². The second-order valence-corrected chi connectivity index (χ2v) is 6.15. The minimum absolute atomic E-state index is 0.145. The van der Waals surface area contributed by atoms with E-state index in [0.717, 1.165) is 11.1 Å². The van der Waals surface area contributed by atoms with E-state index in [0.29, 0.717) is 12.3 Å². The Morgan fingerprint density at radius 3 is 2.46 bits per heavy atom. The van der Waals surface area contributed by atoms with Gasteiger partial charge in [-0.05, 0) is 37.1 Å². The Labute approximate surface area is 154 Å².